The molecule has 0 amide bonds. The van der Waals surface area contributed by atoms with Gasteiger partial charge in [0.15, 0.2) is 8.32 Å². The Bertz CT molecular complexity index is 1780. The second-order valence-corrected chi connectivity index (χ2v) is 19.1. The van der Waals surface area contributed by atoms with Crippen molar-refractivity contribution in [3.63, 3.8) is 0 Å². The van der Waals surface area contributed by atoms with E-state index < -0.39 is 49.7 Å². The highest BCUT2D eigenvalue weighted by Gasteiger charge is 2.50. The summed E-state index contributed by atoms with van der Waals surface area (Å²) in [5.41, 5.74) is 0.734. The molecule has 1 fully saturated rings. The highest BCUT2D eigenvalue weighted by Crippen LogP contribution is 2.47. The summed E-state index contributed by atoms with van der Waals surface area (Å²) in [6, 6.07) is 25.5. The number of aliphatic hydroxyl groups excluding tert-OH is 1. The normalized spacial score (nSPS) is 18.9. The fourth-order valence-electron chi connectivity index (χ4n) is 6.31. The molecule has 0 unspecified atom stereocenters. The van der Waals surface area contributed by atoms with Crippen LogP contribution < -0.4 is 20.7 Å². The smallest absolute Gasteiger partial charge is 0.330 e. The highest BCUT2D eigenvalue weighted by atomic mass is 28.4. The van der Waals surface area contributed by atoms with E-state index in [0.717, 1.165) is 16.7 Å². The maximum absolute atomic E-state index is 13.1. The molecule has 1 aliphatic rings. The van der Waals surface area contributed by atoms with Crippen molar-refractivity contribution in [2.45, 2.75) is 88.8 Å². The van der Waals surface area contributed by atoms with Gasteiger partial charge in [-0.1, -0.05) is 75.4 Å². The van der Waals surface area contributed by atoms with Crippen molar-refractivity contribution in [3.8, 4) is 11.5 Å². The maximum Gasteiger partial charge on any atom is 0.330 e. The van der Waals surface area contributed by atoms with E-state index in [1.807, 2.05) is 78.9 Å². The van der Waals surface area contributed by atoms with Crippen LogP contribution in [0, 0.1) is 6.92 Å². The number of methoxy groups -OCH3 is 2. The summed E-state index contributed by atoms with van der Waals surface area (Å²) >= 11 is 0. The second-order valence-electron chi connectivity index (χ2n) is 14.4. The van der Waals surface area contributed by atoms with Crippen molar-refractivity contribution in [1.29, 1.82) is 0 Å². The van der Waals surface area contributed by atoms with E-state index in [1.165, 1.54) is 10.8 Å². The molecule has 0 radical (unpaired) electrons. The molecular weight excluding hydrogens is 653 g/mol. The van der Waals surface area contributed by atoms with Crippen LogP contribution in [0.4, 0.5) is 0 Å². The zero-order chi connectivity index (χ0) is 36.3. The SMILES string of the molecule is COc1ccc(C(O[C@@H](CCO)[C@H]2O[C@@H](n3cc(C)c(=O)[nH]c3=O)C[C@@H]2O[Si](C)(C)C(C)(C)C)(c2ccccc2)c2ccc(OC)cc2)cc1. The molecule has 5 rings (SSSR count). The van der Waals surface area contributed by atoms with E-state index in [1.54, 1.807) is 21.1 Å². The topological polar surface area (TPSA) is 121 Å². The minimum Gasteiger partial charge on any atom is -0.497 e. The number of aromatic nitrogens is 2. The Labute approximate surface area is 295 Å². The van der Waals surface area contributed by atoms with Gasteiger partial charge in [0.2, 0.25) is 0 Å². The summed E-state index contributed by atoms with van der Waals surface area (Å²) in [4.78, 5) is 27.8. The zero-order valence-electron chi connectivity index (χ0n) is 30.3. The molecule has 0 bridgehead atoms. The van der Waals surface area contributed by atoms with Gasteiger partial charge in [0, 0.05) is 24.8 Å². The summed E-state index contributed by atoms with van der Waals surface area (Å²) in [6.07, 6.45) is -0.550. The van der Waals surface area contributed by atoms with Gasteiger partial charge in [-0.3, -0.25) is 14.3 Å². The van der Waals surface area contributed by atoms with Crippen molar-refractivity contribution in [1.82, 2.24) is 9.55 Å². The minimum absolute atomic E-state index is 0.117. The number of benzene rings is 3. The molecule has 10 nitrogen and oxygen atoms in total. The Morgan fingerprint density at radius 3 is 1.94 bits per heavy atom. The molecule has 1 aliphatic heterocycles. The monoisotopic (exact) mass is 702 g/mol. The lowest BCUT2D eigenvalue weighted by atomic mass is 9.79. The molecule has 1 saturated heterocycles. The molecule has 2 heterocycles. The quantitative estimate of drug-likeness (QED) is 0.123. The fraction of sp³-hybridized carbons (Fsp3) is 0.436. The third-order valence-corrected chi connectivity index (χ3v) is 14.6. The molecule has 4 atom stereocenters. The van der Waals surface area contributed by atoms with Crippen molar-refractivity contribution >= 4 is 8.32 Å². The predicted molar refractivity (Wildman–Crippen MR) is 196 cm³/mol. The molecule has 0 saturated carbocycles. The first-order chi connectivity index (χ1) is 23.7. The van der Waals surface area contributed by atoms with Gasteiger partial charge in [-0.05, 0) is 72.4 Å². The first-order valence-corrected chi connectivity index (χ1v) is 19.9. The molecule has 2 N–H and O–H groups in total. The van der Waals surface area contributed by atoms with Gasteiger partial charge in [-0.15, -0.1) is 0 Å². The minimum atomic E-state index is -2.39. The van der Waals surface area contributed by atoms with Gasteiger partial charge >= 0.3 is 5.69 Å². The summed E-state index contributed by atoms with van der Waals surface area (Å²) in [5.74, 6) is 1.40. The Hall–Kier alpha value is -4.00. The van der Waals surface area contributed by atoms with Crippen molar-refractivity contribution in [2.24, 2.45) is 0 Å². The molecule has 0 spiro atoms. The summed E-state index contributed by atoms with van der Waals surface area (Å²) in [7, 11) is 0.867. The number of hydrogen-bond acceptors (Lipinski definition) is 8. The number of rotatable bonds is 13. The number of aliphatic hydroxyl groups is 1. The van der Waals surface area contributed by atoms with Crippen molar-refractivity contribution < 1.29 is 28.5 Å². The lowest BCUT2D eigenvalue weighted by Crippen LogP contribution is -2.50. The van der Waals surface area contributed by atoms with Gasteiger partial charge in [-0.25, -0.2) is 4.79 Å². The van der Waals surface area contributed by atoms with Crippen LogP contribution in [0.15, 0.2) is 94.6 Å². The summed E-state index contributed by atoms with van der Waals surface area (Å²) in [5, 5.41) is 10.5. The number of hydrogen-bond donors (Lipinski definition) is 2. The van der Waals surface area contributed by atoms with E-state index in [0.29, 0.717) is 23.5 Å². The number of nitrogens with one attached hydrogen (secondary N) is 1. The van der Waals surface area contributed by atoms with Crippen molar-refractivity contribution in [3.05, 3.63) is 128 Å². The third kappa shape index (κ3) is 7.52. The van der Waals surface area contributed by atoms with E-state index >= 15 is 0 Å². The largest absolute Gasteiger partial charge is 0.497 e. The average Bonchev–Trinajstić information content (AvgIpc) is 3.51. The maximum atomic E-state index is 13.1. The van der Waals surface area contributed by atoms with Gasteiger partial charge in [0.1, 0.15) is 29.4 Å². The number of aromatic amines is 1. The molecule has 0 aliphatic carbocycles. The highest BCUT2D eigenvalue weighted by molar-refractivity contribution is 6.74. The van der Waals surface area contributed by atoms with Crippen LogP contribution in [0.5, 0.6) is 11.5 Å². The van der Waals surface area contributed by atoms with Crippen LogP contribution in [0.25, 0.3) is 0 Å². The first kappa shape index (κ1) is 37.3. The molecule has 3 aromatic carbocycles. The van der Waals surface area contributed by atoms with E-state index in [-0.39, 0.29) is 18.1 Å². The van der Waals surface area contributed by atoms with E-state index in [4.69, 9.17) is 23.4 Å². The van der Waals surface area contributed by atoms with E-state index in [2.05, 4.69) is 38.8 Å². The van der Waals surface area contributed by atoms with Crippen LogP contribution in [-0.2, 0) is 19.5 Å². The predicted octanol–water partition coefficient (Wildman–Crippen LogP) is 6.30. The fourth-order valence-corrected chi connectivity index (χ4v) is 7.65. The second kappa shape index (κ2) is 15.1. The van der Waals surface area contributed by atoms with Crippen LogP contribution in [0.2, 0.25) is 18.1 Å². The van der Waals surface area contributed by atoms with Crippen LogP contribution in [0.3, 0.4) is 0 Å². The lowest BCUT2D eigenvalue weighted by molar-refractivity contribution is -0.148. The van der Waals surface area contributed by atoms with Gasteiger partial charge in [0.05, 0.1) is 26.4 Å². The number of nitrogens with zero attached hydrogens (tertiary/aromatic N) is 1. The standard InChI is InChI=1S/C39H50N2O8Si/c1-26-25-41(37(44)40-36(26)43)34-24-33(49-50(7,8)38(2,3)4)35(47-34)32(22-23-42)48-39(27-12-10-9-11-13-27,28-14-18-30(45-5)19-15-28)29-16-20-31(46-6)21-17-29/h9-21,25,32-35,42H,22-24H2,1-8H3,(H,40,43,44)/t32-,33-,34+,35+/m0/s1. The molecule has 50 heavy (non-hydrogen) atoms. The number of aryl methyl sites for hydroxylation is 1. The molecule has 4 aromatic rings. The van der Waals surface area contributed by atoms with E-state index in [9.17, 15) is 14.7 Å². The Kier molecular flexibility index (Phi) is 11.2. The summed E-state index contributed by atoms with van der Waals surface area (Å²) < 4.78 is 33.8. The number of ether oxygens (including phenoxy) is 4. The van der Waals surface area contributed by atoms with Crippen molar-refractivity contribution in [2.75, 3.05) is 20.8 Å². The molecule has 1 aromatic heterocycles. The number of H-pyrrole nitrogens is 1. The van der Waals surface area contributed by atoms with Crippen LogP contribution >= 0.6 is 0 Å². The average molecular weight is 703 g/mol. The van der Waals surface area contributed by atoms with Gasteiger partial charge in [-0.2, -0.15) is 0 Å². The first-order valence-electron chi connectivity index (χ1n) is 17.0. The zero-order valence-corrected chi connectivity index (χ0v) is 31.3. The van der Waals surface area contributed by atoms with Crippen LogP contribution in [0.1, 0.15) is 62.1 Å². The molecular formula is C39H50N2O8Si. The van der Waals surface area contributed by atoms with Crippen LogP contribution in [-0.4, -0.2) is 62.1 Å². The lowest BCUT2D eigenvalue weighted by Gasteiger charge is -2.43. The molecule has 11 heteroatoms. The third-order valence-electron chi connectivity index (χ3n) is 10.1. The Morgan fingerprint density at radius 2 is 1.44 bits per heavy atom. The Morgan fingerprint density at radius 1 is 0.900 bits per heavy atom. The summed E-state index contributed by atoms with van der Waals surface area (Å²) in [6.45, 7) is 12.3. The Balaban J connectivity index is 1.70. The van der Waals surface area contributed by atoms with Gasteiger partial charge < -0.3 is 28.5 Å². The van der Waals surface area contributed by atoms with Gasteiger partial charge in [0.25, 0.3) is 5.56 Å². The molecule has 268 valence electrons.